The van der Waals surface area contributed by atoms with E-state index >= 15 is 0 Å². The Labute approximate surface area is 162 Å². The number of methoxy groups -OCH3 is 1. The fourth-order valence-corrected chi connectivity index (χ4v) is 4.03. The molecule has 8 heteroatoms. The van der Waals surface area contributed by atoms with Gasteiger partial charge in [0.1, 0.15) is 24.4 Å². The summed E-state index contributed by atoms with van der Waals surface area (Å²) in [7, 11) is 1.51. The number of rotatable bonds is 5. The van der Waals surface area contributed by atoms with Gasteiger partial charge in [-0.3, -0.25) is 14.5 Å². The topological polar surface area (TPSA) is 84.9 Å². The quantitative estimate of drug-likeness (QED) is 0.613. The van der Waals surface area contributed by atoms with E-state index in [1.807, 2.05) is 6.92 Å². The predicted molar refractivity (Wildman–Crippen MR) is 98.4 cm³/mol. The number of hydrogen-bond donors (Lipinski definition) is 1. The number of carbonyl (C=O) groups excluding carboxylic acids is 3. The molecule has 2 atom stereocenters. The molecule has 1 heterocycles. The van der Waals surface area contributed by atoms with Crippen molar-refractivity contribution < 1.29 is 23.9 Å². The van der Waals surface area contributed by atoms with Crippen molar-refractivity contribution in [3.8, 4) is 5.75 Å². The first-order chi connectivity index (χ1) is 12.9. The van der Waals surface area contributed by atoms with Gasteiger partial charge in [0.15, 0.2) is 0 Å². The Kier molecular flexibility index (Phi) is 5.60. The number of imide groups is 1. The van der Waals surface area contributed by atoms with Crippen LogP contribution in [0.4, 0.5) is 4.79 Å². The average molecular weight is 395 g/mol. The lowest BCUT2D eigenvalue weighted by molar-refractivity contribution is -0.149. The first-order valence-corrected chi connectivity index (χ1v) is 9.37. The highest BCUT2D eigenvalue weighted by Gasteiger charge is 2.55. The maximum absolute atomic E-state index is 12.9. The summed E-state index contributed by atoms with van der Waals surface area (Å²) in [5.74, 6) is -0.422. The van der Waals surface area contributed by atoms with Crippen LogP contribution in [-0.4, -0.2) is 42.0 Å². The molecule has 3 rings (SSSR count). The Hall–Kier alpha value is -2.28. The minimum absolute atomic E-state index is 0.0412. The second kappa shape index (κ2) is 7.76. The minimum Gasteiger partial charge on any atom is -0.496 e. The van der Waals surface area contributed by atoms with Crippen LogP contribution in [0.25, 0.3) is 0 Å². The van der Waals surface area contributed by atoms with Crippen molar-refractivity contribution in [2.75, 3.05) is 13.7 Å². The Bertz CT molecular complexity index is 768. The molecule has 1 N–H and O–H groups in total. The Morgan fingerprint density at radius 2 is 2.15 bits per heavy atom. The Balaban J connectivity index is 1.64. The molecular weight excluding hydrogens is 372 g/mol. The maximum atomic E-state index is 12.9. The van der Waals surface area contributed by atoms with E-state index in [9.17, 15) is 14.4 Å². The third-order valence-electron chi connectivity index (χ3n) is 5.42. The van der Waals surface area contributed by atoms with Crippen LogP contribution in [0.5, 0.6) is 5.75 Å². The largest absolute Gasteiger partial charge is 0.496 e. The first-order valence-electron chi connectivity index (χ1n) is 8.99. The van der Waals surface area contributed by atoms with Gasteiger partial charge in [-0.15, -0.1) is 0 Å². The van der Waals surface area contributed by atoms with Gasteiger partial charge in [0.05, 0.1) is 7.11 Å². The number of ether oxygens (including phenoxy) is 2. The van der Waals surface area contributed by atoms with Crippen LogP contribution in [0.15, 0.2) is 18.2 Å². The van der Waals surface area contributed by atoms with E-state index in [1.165, 1.54) is 7.11 Å². The summed E-state index contributed by atoms with van der Waals surface area (Å²) >= 11 is 5.96. The predicted octanol–water partition coefficient (Wildman–Crippen LogP) is 2.89. The molecule has 2 fully saturated rings. The van der Waals surface area contributed by atoms with Gasteiger partial charge in [-0.05, 0) is 37.0 Å². The summed E-state index contributed by atoms with van der Waals surface area (Å²) in [4.78, 5) is 38.4. The molecule has 0 radical (unpaired) electrons. The summed E-state index contributed by atoms with van der Waals surface area (Å²) in [6, 6.07) is 4.45. The van der Waals surface area contributed by atoms with Crippen molar-refractivity contribution in [2.45, 2.75) is 44.8 Å². The van der Waals surface area contributed by atoms with Crippen LogP contribution in [0.1, 0.15) is 38.2 Å². The lowest BCUT2D eigenvalue weighted by atomic mass is 9.73. The minimum atomic E-state index is -0.883. The Morgan fingerprint density at radius 3 is 2.85 bits per heavy atom. The molecular formula is C19H23ClN2O5. The van der Waals surface area contributed by atoms with Crippen LogP contribution in [0.3, 0.4) is 0 Å². The smallest absolute Gasteiger partial charge is 0.326 e. The highest BCUT2D eigenvalue weighted by atomic mass is 35.5. The van der Waals surface area contributed by atoms with Gasteiger partial charge in [0.2, 0.25) is 0 Å². The summed E-state index contributed by atoms with van der Waals surface area (Å²) in [5.41, 5.74) is -0.279. The van der Waals surface area contributed by atoms with Crippen molar-refractivity contribution in [3.05, 3.63) is 28.8 Å². The first kappa shape index (κ1) is 19.5. The molecule has 27 heavy (non-hydrogen) atoms. The molecule has 0 bridgehead atoms. The van der Waals surface area contributed by atoms with Gasteiger partial charge in [-0.25, -0.2) is 4.79 Å². The highest BCUT2D eigenvalue weighted by Crippen LogP contribution is 2.38. The van der Waals surface area contributed by atoms with E-state index in [1.54, 1.807) is 18.2 Å². The van der Waals surface area contributed by atoms with Crippen molar-refractivity contribution in [1.29, 1.82) is 0 Å². The molecule has 1 aromatic carbocycles. The van der Waals surface area contributed by atoms with Crippen LogP contribution >= 0.6 is 11.6 Å². The van der Waals surface area contributed by atoms with E-state index in [2.05, 4.69) is 5.32 Å². The molecule has 1 saturated carbocycles. The lowest BCUT2D eigenvalue weighted by Gasteiger charge is -2.36. The van der Waals surface area contributed by atoms with E-state index in [0.717, 1.165) is 24.2 Å². The van der Waals surface area contributed by atoms with Crippen LogP contribution in [0, 0.1) is 5.92 Å². The number of urea groups is 1. The number of amides is 3. The van der Waals surface area contributed by atoms with Crippen molar-refractivity contribution in [2.24, 2.45) is 5.92 Å². The fraction of sp³-hybridized carbons (Fsp3) is 0.526. The number of halogens is 1. The van der Waals surface area contributed by atoms with Gasteiger partial charge in [-0.1, -0.05) is 31.4 Å². The highest BCUT2D eigenvalue weighted by molar-refractivity contribution is 6.30. The van der Waals surface area contributed by atoms with Gasteiger partial charge in [0.25, 0.3) is 5.91 Å². The number of hydrogen-bond acceptors (Lipinski definition) is 5. The fourth-order valence-electron chi connectivity index (χ4n) is 3.83. The zero-order valence-corrected chi connectivity index (χ0v) is 16.2. The summed E-state index contributed by atoms with van der Waals surface area (Å²) in [6.07, 6.45) is 3.39. The van der Waals surface area contributed by atoms with Crippen LogP contribution in [0.2, 0.25) is 5.02 Å². The molecule has 3 amide bonds. The van der Waals surface area contributed by atoms with Gasteiger partial charge >= 0.3 is 12.0 Å². The zero-order chi connectivity index (χ0) is 19.6. The van der Waals surface area contributed by atoms with Crippen LogP contribution in [-0.2, 0) is 20.9 Å². The lowest BCUT2D eigenvalue weighted by Crippen LogP contribution is -2.54. The number of nitrogens with zero attached hydrogens (tertiary/aromatic N) is 1. The standard InChI is InChI=1S/C19H23ClN2O5/c1-12-5-3-4-8-19(12)17(24)22(18(25)21-19)10-16(23)27-11-13-9-14(20)6-7-15(13)26-2/h6-7,9,12H,3-5,8,10-11H2,1-2H3,(H,21,25)/t12-,19-/m0/s1. The zero-order valence-electron chi connectivity index (χ0n) is 15.4. The normalized spacial score (nSPS) is 24.9. The van der Waals surface area contributed by atoms with Crippen molar-refractivity contribution in [1.82, 2.24) is 10.2 Å². The monoisotopic (exact) mass is 394 g/mol. The third kappa shape index (κ3) is 3.74. The molecule has 1 spiro atoms. The van der Waals surface area contributed by atoms with E-state index < -0.39 is 24.1 Å². The van der Waals surface area contributed by atoms with Gasteiger partial charge < -0.3 is 14.8 Å². The van der Waals surface area contributed by atoms with Gasteiger partial charge in [-0.2, -0.15) is 0 Å². The summed E-state index contributed by atoms with van der Waals surface area (Å²) in [6.45, 7) is 1.49. The number of nitrogens with one attached hydrogen (secondary N) is 1. The third-order valence-corrected chi connectivity index (χ3v) is 5.65. The van der Waals surface area contributed by atoms with E-state index in [0.29, 0.717) is 22.8 Å². The molecule has 146 valence electrons. The molecule has 1 aliphatic carbocycles. The molecule has 2 aliphatic rings. The van der Waals surface area contributed by atoms with E-state index in [4.69, 9.17) is 21.1 Å². The maximum Gasteiger partial charge on any atom is 0.326 e. The van der Waals surface area contributed by atoms with Crippen molar-refractivity contribution in [3.63, 3.8) is 0 Å². The molecule has 0 unspecified atom stereocenters. The second-order valence-electron chi connectivity index (χ2n) is 7.06. The van der Waals surface area contributed by atoms with E-state index in [-0.39, 0.29) is 18.4 Å². The van der Waals surface area contributed by atoms with Crippen LogP contribution < -0.4 is 10.1 Å². The summed E-state index contributed by atoms with van der Waals surface area (Å²) < 4.78 is 10.4. The summed E-state index contributed by atoms with van der Waals surface area (Å²) in [5, 5.41) is 3.31. The number of esters is 1. The number of carbonyl (C=O) groups is 3. The molecule has 0 aromatic heterocycles. The van der Waals surface area contributed by atoms with Crippen molar-refractivity contribution >= 4 is 29.5 Å². The Morgan fingerprint density at radius 1 is 1.37 bits per heavy atom. The molecule has 1 aliphatic heterocycles. The molecule has 1 saturated heterocycles. The SMILES string of the molecule is COc1ccc(Cl)cc1COC(=O)CN1C(=O)N[C@]2(CCCC[C@@H]2C)C1=O. The molecule has 7 nitrogen and oxygen atoms in total. The van der Waals surface area contributed by atoms with Gasteiger partial charge in [0, 0.05) is 10.6 Å². The molecule has 1 aromatic rings. The average Bonchev–Trinajstić information content (AvgIpc) is 2.87. The number of benzene rings is 1. The second-order valence-corrected chi connectivity index (χ2v) is 7.49.